The molecule has 19 heavy (non-hydrogen) atoms. The summed E-state index contributed by atoms with van der Waals surface area (Å²) in [4.78, 5) is -0.0222. The van der Waals surface area contributed by atoms with Crippen LogP contribution in [-0.2, 0) is 16.6 Å². The van der Waals surface area contributed by atoms with Crippen LogP contribution in [0.25, 0.3) is 0 Å². The molecule has 1 unspecified atom stereocenters. The van der Waals surface area contributed by atoms with E-state index in [4.69, 9.17) is 5.73 Å². The zero-order valence-electron chi connectivity index (χ0n) is 11.4. The lowest BCUT2D eigenvalue weighted by Gasteiger charge is -2.12. The van der Waals surface area contributed by atoms with E-state index in [0.717, 1.165) is 11.4 Å². The van der Waals surface area contributed by atoms with E-state index in [0.29, 0.717) is 19.5 Å². The fourth-order valence-corrected chi connectivity index (χ4v) is 2.99. The number of rotatable bonds is 7. The van der Waals surface area contributed by atoms with Gasteiger partial charge in [-0.15, -0.1) is 0 Å². The van der Waals surface area contributed by atoms with E-state index in [1.165, 1.54) is 6.92 Å². The number of nitrogens with one attached hydrogen (secondary N) is 1. The number of nitrogens with two attached hydrogens (primary N) is 1. The number of hydrogen-bond donors (Lipinski definition) is 2. The number of nitrogens with zero attached hydrogens (tertiary/aromatic N) is 2. The summed E-state index contributed by atoms with van der Waals surface area (Å²) in [6.07, 6.45) is 0.658. The lowest BCUT2D eigenvalue weighted by molar-refractivity contribution is 0.543. The summed E-state index contributed by atoms with van der Waals surface area (Å²) < 4.78 is 27.9. The third kappa shape index (κ3) is 4.55. The molecular weight excluding hydrogens is 284 g/mol. The van der Waals surface area contributed by atoms with Crippen molar-refractivity contribution in [1.82, 2.24) is 14.5 Å². The van der Waals surface area contributed by atoms with Gasteiger partial charge in [0.1, 0.15) is 5.25 Å². The lowest BCUT2D eigenvalue weighted by atomic mass is 10.4. The molecule has 0 saturated heterocycles. The standard InChI is InChI=1S/C11H20N4O2S2/c1-8-7-9(2)15(14-8)6-4-5-13-19(16,17)10(3)11(12)18/h7,10,13H,4-6H2,1-3H3,(H2,12,18). The Morgan fingerprint density at radius 1 is 1.58 bits per heavy atom. The minimum atomic E-state index is -3.46. The quantitative estimate of drug-likeness (QED) is 0.565. The summed E-state index contributed by atoms with van der Waals surface area (Å²) in [5.74, 6) is 0. The summed E-state index contributed by atoms with van der Waals surface area (Å²) in [5, 5.41) is 3.46. The molecular formula is C11H20N4O2S2. The van der Waals surface area contributed by atoms with Gasteiger partial charge in [0.15, 0.2) is 0 Å². The summed E-state index contributed by atoms with van der Waals surface area (Å²) in [6, 6.07) is 1.99. The largest absolute Gasteiger partial charge is 0.392 e. The smallest absolute Gasteiger partial charge is 0.220 e. The molecule has 6 nitrogen and oxygen atoms in total. The van der Waals surface area contributed by atoms with Crippen molar-refractivity contribution in [3.63, 3.8) is 0 Å². The second kappa shape index (κ2) is 6.44. The Morgan fingerprint density at radius 2 is 2.21 bits per heavy atom. The van der Waals surface area contributed by atoms with Crippen molar-refractivity contribution in [2.45, 2.75) is 39.0 Å². The molecule has 0 aliphatic rings. The van der Waals surface area contributed by atoms with E-state index in [-0.39, 0.29) is 4.99 Å². The highest BCUT2D eigenvalue weighted by molar-refractivity contribution is 7.93. The monoisotopic (exact) mass is 304 g/mol. The van der Waals surface area contributed by atoms with Gasteiger partial charge >= 0.3 is 0 Å². The maximum absolute atomic E-state index is 11.8. The van der Waals surface area contributed by atoms with Crippen LogP contribution in [0.4, 0.5) is 0 Å². The van der Waals surface area contributed by atoms with Crippen molar-refractivity contribution in [2.24, 2.45) is 5.73 Å². The van der Waals surface area contributed by atoms with Gasteiger partial charge in [0.2, 0.25) is 10.0 Å². The average Bonchev–Trinajstić information content (AvgIpc) is 2.62. The Labute approximate surface area is 119 Å². The Bertz CT molecular complexity index is 551. The van der Waals surface area contributed by atoms with Crippen LogP contribution in [0.1, 0.15) is 24.7 Å². The van der Waals surface area contributed by atoms with E-state index in [1.54, 1.807) is 0 Å². The molecule has 0 spiro atoms. The fourth-order valence-electron chi connectivity index (χ4n) is 1.62. The molecule has 1 aromatic heterocycles. The van der Waals surface area contributed by atoms with Crippen molar-refractivity contribution in [1.29, 1.82) is 0 Å². The molecule has 0 aliphatic carbocycles. The Morgan fingerprint density at radius 3 is 2.68 bits per heavy atom. The van der Waals surface area contributed by atoms with Crippen molar-refractivity contribution < 1.29 is 8.42 Å². The third-order valence-electron chi connectivity index (χ3n) is 2.82. The minimum absolute atomic E-state index is 0.0222. The molecule has 0 amide bonds. The Balaban J connectivity index is 2.43. The summed E-state index contributed by atoms with van der Waals surface area (Å²) in [5.41, 5.74) is 7.36. The molecule has 1 heterocycles. The van der Waals surface area contributed by atoms with E-state index in [1.807, 2.05) is 24.6 Å². The van der Waals surface area contributed by atoms with Crippen LogP contribution in [0.15, 0.2) is 6.07 Å². The van der Waals surface area contributed by atoms with Crippen LogP contribution in [0.2, 0.25) is 0 Å². The van der Waals surface area contributed by atoms with Gasteiger partial charge in [0.05, 0.1) is 10.7 Å². The minimum Gasteiger partial charge on any atom is -0.392 e. The molecule has 108 valence electrons. The molecule has 0 aliphatic heterocycles. The predicted octanol–water partition coefficient (Wildman–Crippen LogP) is 0.484. The van der Waals surface area contributed by atoms with Gasteiger partial charge in [-0.3, -0.25) is 4.68 Å². The Hall–Kier alpha value is -0.990. The van der Waals surface area contributed by atoms with Crippen LogP contribution in [-0.4, -0.2) is 35.0 Å². The molecule has 0 radical (unpaired) electrons. The van der Waals surface area contributed by atoms with Gasteiger partial charge in [-0.05, 0) is 33.3 Å². The van der Waals surface area contributed by atoms with Crippen molar-refractivity contribution in [3.8, 4) is 0 Å². The van der Waals surface area contributed by atoms with Crippen LogP contribution in [0.5, 0.6) is 0 Å². The maximum Gasteiger partial charge on any atom is 0.220 e. The SMILES string of the molecule is Cc1cc(C)n(CCCNS(=O)(=O)C(C)C(N)=S)n1. The van der Waals surface area contributed by atoms with Gasteiger partial charge in [0, 0.05) is 18.8 Å². The van der Waals surface area contributed by atoms with Crippen LogP contribution < -0.4 is 10.5 Å². The molecule has 8 heteroatoms. The molecule has 0 fully saturated rings. The van der Waals surface area contributed by atoms with Crippen molar-refractivity contribution in [2.75, 3.05) is 6.54 Å². The van der Waals surface area contributed by atoms with Crippen molar-refractivity contribution in [3.05, 3.63) is 17.5 Å². The zero-order chi connectivity index (χ0) is 14.6. The van der Waals surface area contributed by atoms with Gasteiger partial charge in [-0.1, -0.05) is 12.2 Å². The first kappa shape index (κ1) is 16.1. The molecule has 1 atom stereocenters. The number of sulfonamides is 1. The summed E-state index contributed by atoms with van der Waals surface area (Å²) in [6.45, 7) is 6.39. The normalized spacial score (nSPS) is 13.4. The molecule has 0 bridgehead atoms. The van der Waals surface area contributed by atoms with E-state index in [2.05, 4.69) is 22.0 Å². The second-order valence-electron chi connectivity index (χ2n) is 4.49. The van der Waals surface area contributed by atoms with Gasteiger partial charge in [0.25, 0.3) is 0 Å². The van der Waals surface area contributed by atoms with Gasteiger partial charge in [-0.2, -0.15) is 5.10 Å². The van der Waals surface area contributed by atoms with Gasteiger partial charge in [-0.25, -0.2) is 13.1 Å². The highest BCUT2D eigenvalue weighted by Gasteiger charge is 2.22. The van der Waals surface area contributed by atoms with Crippen LogP contribution in [0, 0.1) is 13.8 Å². The summed E-state index contributed by atoms with van der Waals surface area (Å²) in [7, 11) is -3.46. The number of thiocarbonyl (C=S) groups is 1. The summed E-state index contributed by atoms with van der Waals surface area (Å²) >= 11 is 4.69. The zero-order valence-corrected chi connectivity index (χ0v) is 13.0. The topological polar surface area (TPSA) is 90.0 Å². The molecule has 3 N–H and O–H groups in total. The van der Waals surface area contributed by atoms with E-state index >= 15 is 0 Å². The van der Waals surface area contributed by atoms with E-state index < -0.39 is 15.3 Å². The van der Waals surface area contributed by atoms with Crippen molar-refractivity contribution >= 4 is 27.2 Å². The molecule has 0 aromatic carbocycles. The predicted molar refractivity (Wildman–Crippen MR) is 79.5 cm³/mol. The average molecular weight is 304 g/mol. The molecule has 1 rings (SSSR count). The number of aromatic nitrogens is 2. The van der Waals surface area contributed by atoms with Gasteiger partial charge < -0.3 is 5.73 Å². The van der Waals surface area contributed by atoms with Crippen LogP contribution >= 0.6 is 12.2 Å². The first-order valence-corrected chi connectivity index (χ1v) is 7.98. The second-order valence-corrected chi connectivity index (χ2v) is 7.04. The number of hydrogen-bond acceptors (Lipinski definition) is 4. The highest BCUT2D eigenvalue weighted by atomic mass is 32.2. The Kier molecular flexibility index (Phi) is 5.45. The molecule has 1 aromatic rings. The highest BCUT2D eigenvalue weighted by Crippen LogP contribution is 2.03. The van der Waals surface area contributed by atoms with E-state index in [9.17, 15) is 8.42 Å². The lowest BCUT2D eigenvalue weighted by Crippen LogP contribution is -2.40. The molecule has 0 saturated carbocycles. The first-order valence-electron chi connectivity index (χ1n) is 6.03. The first-order chi connectivity index (χ1) is 8.74. The maximum atomic E-state index is 11.8. The fraction of sp³-hybridized carbons (Fsp3) is 0.636. The third-order valence-corrected chi connectivity index (χ3v) is 5.11. The number of aryl methyl sites for hydroxylation is 3. The van der Waals surface area contributed by atoms with Crippen LogP contribution in [0.3, 0.4) is 0 Å².